The smallest absolute Gasteiger partial charge is 0.220 e. The first-order chi connectivity index (χ1) is 19.5. The van der Waals surface area contributed by atoms with E-state index in [9.17, 15) is 9.59 Å². The van der Waals surface area contributed by atoms with E-state index in [1.807, 2.05) is 0 Å². The molecule has 2 bridgehead atoms. The van der Waals surface area contributed by atoms with Crippen molar-refractivity contribution in [2.75, 3.05) is 85.1 Å². The van der Waals surface area contributed by atoms with E-state index in [4.69, 9.17) is 0 Å². The van der Waals surface area contributed by atoms with Crippen LogP contribution in [0.3, 0.4) is 0 Å². The zero-order valence-corrected chi connectivity index (χ0v) is 24.7. The van der Waals surface area contributed by atoms with Gasteiger partial charge in [-0.15, -0.1) is 11.8 Å². The van der Waals surface area contributed by atoms with Crippen molar-refractivity contribution in [2.24, 2.45) is 23.2 Å². The monoisotopic (exact) mass is 558 g/mol. The first-order valence-corrected chi connectivity index (χ1v) is 15.8. The third-order valence-electron chi connectivity index (χ3n) is 9.07. The quantitative estimate of drug-likeness (QED) is 0.190. The van der Waals surface area contributed by atoms with E-state index in [2.05, 4.69) is 61.3 Å². The Morgan fingerprint density at radius 3 is 1.65 bits per heavy atom. The van der Waals surface area contributed by atoms with Crippen molar-refractivity contribution in [3.05, 3.63) is 0 Å². The van der Waals surface area contributed by atoms with Crippen LogP contribution >= 0.6 is 0 Å². The van der Waals surface area contributed by atoms with Gasteiger partial charge in [0, 0.05) is 116 Å². The molecule has 2 amide bonds. The van der Waals surface area contributed by atoms with Gasteiger partial charge in [0.15, 0.2) is 0 Å². The Labute approximate surface area is 241 Å². The largest absolute Gasteiger partial charge is 0.356 e. The number of rotatable bonds is 7. The van der Waals surface area contributed by atoms with Gasteiger partial charge >= 0.3 is 0 Å². The van der Waals surface area contributed by atoms with Gasteiger partial charge in [0.05, 0.1) is 5.54 Å². The molecule has 0 spiro atoms. The van der Waals surface area contributed by atoms with Crippen LogP contribution in [0.4, 0.5) is 0 Å². The van der Waals surface area contributed by atoms with E-state index in [-0.39, 0.29) is 17.2 Å². The molecule has 0 radical (unpaired) electrons. The molecule has 0 aromatic heterocycles. The van der Waals surface area contributed by atoms with Gasteiger partial charge in [-0.2, -0.15) is 0 Å². The summed E-state index contributed by atoms with van der Waals surface area (Å²) < 4.78 is 0. The highest BCUT2D eigenvalue weighted by molar-refractivity contribution is 5.79. The van der Waals surface area contributed by atoms with Crippen molar-refractivity contribution >= 4 is 11.8 Å². The topological polar surface area (TPSA) is 130 Å². The van der Waals surface area contributed by atoms with E-state index in [0.717, 1.165) is 90.1 Å². The lowest BCUT2D eigenvalue weighted by Crippen LogP contribution is -2.66. The van der Waals surface area contributed by atoms with E-state index in [0.29, 0.717) is 44.8 Å². The minimum Gasteiger partial charge on any atom is -0.356 e. The summed E-state index contributed by atoms with van der Waals surface area (Å²) in [4.78, 5) is 25.7. The third kappa shape index (κ3) is 10.3. The second kappa shape index (κ2) is 16.0. The van der Waals surface area contributed by atoms with Crippen LogP contribution in [0, 0.1) is 35.0 Å². The standard InChI is InChI=1S/C30H54N8O2/c1-29-18-31-11-14-34-21-30(22-35-15-12-32-19-29,23-36-16-13-33-20-29)38-28(40)10-6-9-27(39)37-17-26-24-7-4-2-3-5-8-25(24)26/h24-26,31-36H,4-23H2,1H3,(H,37,39)(H,38,40)/t24-,25+,26+,29?,30?. The summed E-state index contributed by atoms with van der Waals surface area (Å²) in [7, 11) is 0. The summed E-state index contributed by atoms with van der Waals surface area (Å²) in [6, 6.07) is 0. The number of nitrogens with one attached hydrogen (secondary N) is 8. The van der Waals surface area contributed by atoms with Crippen molar-refractivity contribution in [3.8, 4) is 11.8 Å². The van der Waals surface area contributed by atoms with E-state index in [1.54, 1.807) is 0 Å². The highest BCUT2D eigenvalue weighted by Gasteiger charge is 2.48. The molecule has 40 heavy (non-hydrogen) atoms. The molecule has 5 rings (SSSR count). The second-order valence-electron chi connectivity index (χ2n) is 12.8. The fourth-order valence-corrected chi connectivity index (χ4v) is 6.62. The molecule has 0 aromatic rings. The molecule has 0 aromatic carbocycles. The lowest BCUT2D eigenvalue weighted by Gasteiger charge is -2.37. The van der Waals surface area contributed by atoms with Crippen LogP contribution in [-0.2, 0) is 9.59 Å². The number of carbonyl (C=O) groups excluding carboxylic acids is 2. The van der Waals surface area contributed by atoms with Crippen LogP contribution in [0.25, 0.3) is 0 Å². The maximum atomic E-state index is 13.1. The van der Waals surface area contributed by atoms with Crippen LogP contribution in [0.1, 0.15) is 51.9 Å². The average Bonchev–Trinajstić information content (AvgIpc) is 3.57. The summed E-state index contributed by atoms with van der Waals surface area (Å²) in [6.45, 7) is 13.1. The molecule has 3 saturated heterocycles. The summed E-state index contributed by atoms with van der Waals surface area (Å²) >= 11 is 0. The molecule has 10 nitrogen and oxygen atoms in total. The highest BCUT2D eigenvalue weighted by Crippen LogP contribution is 2.51. The first-order valence-electron chi connectivity index (χ1n) is 15.8. The number of carbonyl (C=O) groups is 2. The molecule has 0 unspecified atom stereocenters. The van der Waals surface area contributed by atoms with Crippen molar-refractivity contribution in [1.82, 2.24) is 42.5 Å². The summed E-state index contributed by atoms with van der Waals surface area (Å²) in [5.74, 6) is 8.64. The Morgan fingerprint density at radius 1 is 0.700 bits per heavy atom. The maximum absolute atomic E-state index is 13.1. The Balaban J connectivity index is 1.23. The number of fused-ring (bicyclic) bond motifs is 16. The van der Waals surface area contributed by atoms with Crippen LogP contribution in [0.15, 0.2) is 0 Å². The molecule has 2 aliphatic carbocycles. The number of hydrogen-bond donors (Lipinski definition) is 8. The second-order valence-corrected chi connectivity index (χ2v) is 12.8. The van der Waals surface area contributed by atoms with Crippen LogP contribution in [-0.4, -0.2) is 102 Å². The third-order valence-corrected chi connectivity index (χ3v) is 9.07. The van der Waals surface area contributed by atoms with E-state index in [1.165, 1.54) is 12.8 Å². The molecule has 8 N–H and O–H groups in total. The molecular formula is C30H54N8O2. The Kier molecular flexibility index (Phi) is 12.5. The zero-order valence-electron chi connectivity index (χ0n) is 24.7. The minimum atomic E-state index is -0.453. The molecule has 3 heterocycles. The van der Waals surface area contributed by atoms with Gasteiger partial charge in [-0.05, 0) is 37.0 Å². The van der Waals surface area contributed by atoms with Crippen LogP contribution in [0.5, 0.6) is 0 Å². The van der Waals surface area contributed by atoms with E-state index >= 15 is 0 Å². The lowest BCUT2D eigenvalue weighted by atomic mass is 9.90. The highest BCUT2D eigenvalue weighted by atomic mass is 16.2. The molecular weight excluding hydrogens is 504 g/mol. The van der Waals surface area contributed by atoms with Gasteiger partial charge in [0.1, 0.15) is 0 Å². The van der Waals surface area contributed by atoms with Crippen LogP contribution in [0.2, 0.25) is 0 Å². The van der Waals surface area contributed by atoms with Gasteiger partial charge in [0.2, 0.25) is 11.8 Å². The Hall–Kier alpha value is -1.74. The molecule has 10 heteroatoms. The Bertz CT molecular complexity index is 810. The average molecular weight is 559 g/mol. The Morgan fingerprint density at radius 2 is 1.15 bits per heavy atom. The van der Waals surface area contributed by atoms with Gasteiger partial charge in [-0.1, -0.05) is 6.92 Å². The number of amides is 2. The normalized spacial score (nSPS) is 34.0. The van der Waals surface area contributed by atoms with Crippen LogP contribution < -0.4 is 42.5 Å². The minimum absolute atomic E-state index is 0.00582. The fourth-order valence-electron chi connectivity index (χ4n) is 6.62. The summed E-state index contributed by atoms with van der Waals surface area (Å²) in [5.41, 5.74) is -0.307. The summed E-state index contributed by atoms with van der Waals surface area (Å²) in [6.07, 6.45) is 5.62. The molecule has 5 aliphatic rings. The molecule has 226 valence electrons. The zero-order chi connectivity index (χ0) is 28.1. The van der Waals surface area contributed by atoms with Gasteiger partial charge in [-0.3, -0.25) is 9.59 Å². The SMILES string of the molecule is CC12CNCCNCC(NC(=O)CCCC(=O)NC[C@H]3[C@@H]4CCC#CCC[C@@H]43)(CNCCNC1)CNCCNC2. The van der Waals surface area contributed by atoms with Gasteiger partial charge < -0.3 is 42.5 Å². The molecule has 3 atom stereocenters. The predicted octanol–water partition coefficient (Wildman–Crippen LogP) is -0.861. The maximum Gasteiger partial charge on any atom is 0.220 e. The van der Waals surface area contributed by atoms with E-state index < -0.39 is 5.54 Å². The van der Waals surface area contributed by atoms with Crippen molar-refractivity contribution in [3.63, 3.8) is 0 Å². The van der Waals surface area contributed by atoms with Gasteiger partial charge in [0.25, 0.3) is 0 Å². The van der Waals surface area contributed by atoms with Gasteiger partial charge in [-0.25, -0.2) is 0 Å². The van der Waals surface area contributed by atoms with Crippen molar-refractivity contribution in [2.45, 2.75) is 57.4 Å². The molecule has 4 fully saturated rings. The lowest BCUT2D eigenvalue weighted by molar-refractivity contribution is -0.123. The predicted molar refractivity (Wildman–Crippen MR) is 160 cm³/mol. The molecule has 1 saturated carbocycles. The first kappa shape index (κ1) is 31.2. The van der Waals surface area contributed by atoms with Crippen molar-refractivity contribution in [1.29, 1.82) is 0 Å². The fraction of sp³-hybridized carbons (Fsp3) is 0.867. The van der Waals surface area contributed by atoms with Crippen molar-refractivity contribution < 1.29 is 9.59 Å². The number of hydrogen-bond acceptors (Lipinski definition) is 8. The molecule has 3 aliphatic heterocycles. The summed E-state index contributed by atoms with van der Waals surface area (Å²) in [5, 5.41) is 28.1.